The van der Waals surface area contributed by atoms with Crippen LogP contribution in [0.3, 0.4) is 0 Å². The topological polar surface area (TPSA) is 21.3 Å². The first kappa shape index (κ1) is 13.3. The largest absolute Gasteiger partial charge is 0.372 e. The van der Waals surface area contributed by atoms with Crippen LogP contribution in [0, 0.1) is 5.82 Å². The summed E-state index contributed by atoms with van der Waals surface area (Å²) in [7, 11) is 0. The summed E-state index contributed by atoms with van der Waals surface area (Å²) in [5.41, 5.74) is 3.30. The molecule has 20 heavy (non-hydrogen) atoms. The van der Waals surface area contributed by atoms with Gasteiger partial charge in [0.05, 0.1) is 12.7 Å². The lowest BCUT2D eigenvalue weighted by atomic mass is 9.97. The summed E-state index contributed by atoms with van der Waals surface area (Å²) in [6, 6.07) is 15.2. The number of nitrogens with one attached hydrogen (secondary N) is 1. The molecule has 0 bridgehead atoms. The first-order chi connectivity index (χ1) is 9.84. The van der Waals surface area contributed by atoms with Gasteiger partial charge in [0, 0.05) is 18.7 Å². The summed E-state index contributed by atoms with van der Waals surface area (Å²) in [5, 5.41) is 3.29. The summed E-state index contributed by atoms with van der Waals surface area (Å²) >= 11 is 0. The van der Waals surface area contributed by atoms with Gasteiger partial charge in [-0.25, -0.2) is 4.39 Å². The van der Waals surface area contributed by atoms with Crippen molar-refractivity contribution in [3.8, 4) is 0 Å². The normalized spacial score (nSPS) is 17.8. The molecule has 0 radical (unpaired) electrons. The van der Waals surface area contributed by atoms with Crippen LogP contribution in [0.1, 0.15) is 22.8 Å². The molecule has 1 aliphatic rings. The van der Waals surface area contributed by atoms with Crippen molar-refractivity contribution in [2.24, 2.45) is 0 Å². The summed E-state index contributed by atoms with van der Waals surface area (Å²) in [6.45, 7) is 1.98. The Morgan fingerprint density at radius 1 is 1.10 bits per heavy atom. The lowest BCUT2D eigenvalue weighted by Crippen LogP contribution is -2.27. The van der Waals surface area contributed by atoms with Gasteiger partial charge < -0.3 is 10.1 Å². The number of hydrogen-bond donors (Lipinski definition) is 1. The molecule has 0 aliphatic carbocycles. The van der Waals surface area contributed by atoms with Gasteiger partial charge in [0.2, 0.25) is 0 Å². The van der Waals surface area contributed by atoms with Gasteiger partial charge in [-0.2, -0.15) is 0 Å². The third-order valence-corrected chi connectivity index (χ3v) is 3.70. The van der Waals surface area contributed by atoms with E-state index in [1.807, 2.05) is 12.1 Å². The molecule has 0 spiro atoms. The molecule has 1 aliphatic heterocycles. The van der Waals surface area contributed by atoms with Crippen LogP contribution >= 0.6 is 0 Å². The monoisotopic (exact) mass is 271 g/mol. The van der Waals surface area contributed by atoms with E-state index in [1.165, 1.54) is 17.2 Å². The zero-order chi connectivity index (χ0) is 13.8. The maximum Gasteiger partial charge on any atom is 0.127 e. The van der Waals surface area contributed by atoms with Gasteiger partial charge in [0.25, 0.3) is 0 Å². The summed E-state index contributed by atoms with van der Waals surface area (Å²) in [4.78, 5) is 0. The number of fused-ring (bicyclic) bond motifs is 1. The van der Waals surface area contributed by atoms with Crippen LogP contribution in [0.4, 0.5) is 4.39 Å². The fraction of sp³-hybridized carbons (Fsp3) is 0.294. The molecule has 0 saturated carbocycles. The SMILES string of the molecule is Fc1ccccc1CNCC1OCCc2ccccc21. The van der Waals surface area contributed by atoms with Crippen LogP contribution in [-0.2, 0) is 17.7 Å². The predicted octanol–water partition coefficient (Wildman–Crippen LogP) is 3.23. The van der Waals surface area contributed by atoms with E-state index in [9.17, 15) is 4.39 Å². The lowest BCUT2D eigenvalue weighted by molar-refractivity contribution is 0.0423. The Hall–Kier alpha value is -1.71. The Kier molecular flexibility index (Phi) is 4.09. The third kappa shape index (κ3) is 2.89. The highest BCUT2D eigenvalue weighted by Gasteiger charge is 2.19. The molecule has 104 valence electrons. The number of halogens is 1. The third-order valence-electron chi connectivity index (χ3n) is 3.70. The number of ether oxygens (including phenoxy) is 1. The second kappa shape index (κ2) is 6.16. The van der Waals surface area contributed by atoms with Crippen LogP contribution in [0.15, 0.2) is 48.5 Å². The van der Waals surface area contributed by atoms with Crippen LogP contribution in [-0.4, -0.2) is 13.2 Å². The molecule has 1 heterocycles. The average Bonchev–Trinajstić information content (AvgIpc) is 2.49. The van der Waals surface area contributed by atoms with Gasteiger partial charge in [-0.05, 0) is 23.6 Å². The average molecular weight is 271 g/mol. The Labute approximate surface area is 118 Å². The Balaban J connectivity index is 1.61. The number of hydrogen-bond acceptors (Lipinski definition) is 2. The minimum absolute atomic E-state index is 0.0618. The van der Waals surface area contributed by atoms with E-state index in [-0.39, 0.29) is 11.9 Å². The summed E-state index contributed by atoms with van der Waals surface area (Å²) in [6.07, 6.45) is 1.03. The number of benzene rings is 2. The van der Waals surface area contributed by atoms with Crippen LogP contribution in [0.2, 0.25) is 0 Å². The van der Waals surface area contributed by atoms with E-state index in [2.05, 4.69) is 23.5 Å². The van der Waals surface area contributed by atoms with Crippen molar-refractivity contribution in [1.29, 1.82) is 0 Å². The van der Waals surface area contributed by atoms with E-state index in [0.717, 1.165) is 13.0 Å². The zero-order valence-electron chi connectivity index (χ0n) is 11.3. The molecule has 3 rings (SSSR count). The second-order valence-electron chi connectivity index (χ2n) is 5.03. The quantitative estimate of drug-likeness (QED) is 0.922. The van der Waals surface area contributed by atoms with Gasteiger partial charge in [0.15, 0.2) is 0 Å². The lowest BCUT2D eigenvalue weighted by Gasteiger charge is -2.26. The predicted molar refractivity (Wildman–Crippen MR) is 76.9 cm³/mol. The molecule has 0 fully saturated rings. The van der Waals surface area contributed by atoms with Gasteiger partial charge in [0.1, 0.15) is 5.82 Å². The highest BCUT2D eigenvalue weighted by molar-refractivity contribution is 5.31. The van der Waals surface area contributed by atoms with Gasteiger partial charge in [-0.15, -0.1) is 0 Å². The highest BCUT2D eigenvalue weighted by Crippen LogP contribution is 2.26. The minimum atomic E-state index is -0.162. The smallest absolute Gasteiger partial charge is 0.127 e. The van der Waals surface area contributed by atoms with E-state index < -0.39 is 0 Å². The molecule has 3 heteroatoms. The molecule has 1 atom stereocenters. The zero-order valence-corrected chi connectivity index (χ0v) is 11.3. The Bertz CT molecular complexity index is 585. The standard InChI is InChI=1S/C17H18FNO/c18-16-8-4-2-6-14(16)11-19-12-17-15-7-3-1-5-13(15)9-10-20-17/h1-8,17,19H,9-12H2. The molecule has 2 nitrogen and oxygen atoms in total. The van der Waals surface area contributed by atoms with Crippen LogP contribution in [0.5, 0.6) is 0 Å². The first-order valence-corrected chi connectivity index (χ1v) is 6.98. The van der Waals surface area contributed by atoms with E-state index in [1.54, 1.807) is 12.1 Å². The molecule has 2 aromatic rings. The maximum absolute atomic E-state index is 13.5. The Morgan fingerprint density at radius 3 is 2.80 bits per heavy atom. The van der Waals surface area contributed by atoms with Crippen molar-refractivity contribution < 1.29 is 9.13 Å². The molecule has 1 unspecified atom stereocenters. The highest BCUT2D eigenvalue weighted by atomic mass is 19.1. The van der Waals surface area contributed by atoms with Crippen molar-refractivity contribution in [2.45, 2.75) is 19.1 Å². The van der Waals surface area contributed by atoms with Gasteiger partial charge >= 0.3 is 0 Å². The minimum Gasteiger partial charge on any atom is -0.372 e. The van der Waals surface area contributed by atoms with E-state index in [4.69, 9.17) is 4.74 Å². The molecule has 1 N–H and O–H groups in total. The van der Waals surface area contributed by atoms with Crippen molar-refractivity contribution in [2.75, 3.05) is 13.2 Å². The number of rotatable bonds is 4. The van der Waals surface area contributed by atoms with E-state index >= 15 is 0 Å². The van der Waals surface area contributed by atoms with Crippen molar-refractivity contribution in [1.82, 2.24) is 5.32 Å². The van der Waals surface area contributed by atoms with Crippen molar-refractivity contribution in [3.05, 3.63) is 71.0 Å². The Morgan fingerprint density at radius 2 is 1.90 bits per heavy atom. The maximum atomic E-state index is 13.5. The molecule has 0 saturated heterocycles. The molecular formula is C17H18FNO. The molecule has 0 amide bonds. The fourth-order valence-corrected chi connectivity index (χ4v) is 2.63. The summed E-state index contributed by atoms with van der Waals surface area (Å²) < 4.78 is 19.3. The first-order valence-electron chi connectivity index (χ1n) is 6.98. The van der Waals surface area contributed by atoms with Crippen molar-refractivity contribution in [3.63, 3.8) is 0 Å². The summed E-state index contributed by atoms with van der Waals surface area (Å²) in [5.74, 6) is -0.162. The van der Waals surface area contributed by atoms with Crippen molar-refractivity contribution >= 4 is 0 Å². The van der Waals surface area contributed by atoms with Gasteiger partial charge in [-0.3, -0.25) is 0 Å². The second-order valence-corrected chi connectivity index (χ2v) is 5.03. The molecular weight excluding hydrogens is 253 g/mol. The molecule has 2 aromatic carbocycles. The van der Waals surface area contributed by atoms with E-state index in [0.29, 0.717) is 18.7 Å². The molecule has 0 aromatic heterocycles. The fourth-order valence-electron chi connectivity index (χ4n) is 2.63. The van der Waals surface area contributed by atoms with Crippen LogP contribution in [0.25, 0.3) is 0 Å². The van der Waals surface area contributed by atoms with Crippen LogP contribution < -0.4 is 5.32 Å². The van der Waals surface area contributed by atoms with Gasteiger partial charge in [-0.1, -0.05) is 42.5 Å².